The maximum absolute atomic E-state index is 5.39. The molecule has 0 bridgehead atoms. The minimum atomic E-state index is 0.490. The molecule has 0 aliphatic rings. The zero-order valence-corrected chi connectivity index (χ0v) is 8.24. The molecule has 0 fully saturated rings. The molecule has 0 aromatic carbocycles. The Morgan fingerprint density at radius 3 is 2.92 bits per heavy atom. The number of nitrogen functional groups attached to an aromatic ring is 1. The first-order valence-electron chi connectivity index (χ1n) is 3.39. The van der Waals surface area contributed by atoms with Crippen LogP contribution in [0.4, 0.5) is 5.13 Å². The highest BCUT2D eigenvalue weighted by atomic mass is 32.1. The number of hydrogen-bond donors (Lipinski definition) is 1. The Bertz CT molecular complexity index is 274. The zero-order chi connectivity index (χ0) is 8.97. The lowest BCUT2D eigenvalue weighted by Gasteiger charge is -1.99. The van der Waals surface area contributed by atoms with Gasteiger partial charge in [0.15, 0.2) is 5.05 Å². The van der Waals surface area contributed by atoms with Gasteiger partial charge in [0.2, 0.25) is 5.13 Å². The fourth-order valence-corrected chi connectivity index (χ4v) is 1.32. The van der Waals surface area contributed by atoms with Crippen LogP contribution in [-0.2, 0) is 11.2 Å². The molecule has 1 aromatic heterocycles. The average molecular weight is 203 g/mol. The predicted octanol–water partition coefficient (Wildman–Crippen LogP) is 1.03. The van der Waals surface area contributed by atoms with Gasteiger partial charge in [-0.3, -0.25) is 0 Å². The van der Waals surface area contributed by atoms with Crippen molar-refractivity contribution in [3.05, 3.63) is 5.01 Å². The van der Waals surface area contributed by atoms with Crippen molar-refractivity contribution in [3.63, 3.8) is 0 Å². The van der Waals surface area contributed by atoms with Crippen LogP contribution in [0.25, 0.3) is 0 Å². The Morgan fingerprint density at radius 1 is 1.67 bits per heavy atom. The Balaban J connectivity index is 2.29. The number of nitrogens with zero attached hydrogens (tertiary/aromatic N) is 2. The van der Waals surface area contributed by atoms with Crippen molar-refractivity contribution in [3.8, 4) is 0 Å². The lowest BCUT2D eigenvalue weighted by molar-refractivity contribution is 0.315. The van der Waals surface area contributed by atoms with E-state index in [1.54, 1.807) is 6.92 Å². The third-order valence-corrected chi connectivity index (χ3v) is 2.03. The molecule has 66 valence electrons. The van der Waals surface area contributed by atoms with Gasteiger partial charge >= 0.3 is 0 Å². The molecule has 1 rings (SSSR count). The summed E-state index contributed by atoms with van der Waals surface area (Å²) in [5, 5.41) is 9.42. The van der Waals surface area contributed by atoms with Crippen LogP contribution in [0.15, 0.2) is 0 Å². The van der Waals surface area contributed by atoms with Gasteiger partial charge < -0.3 is 10.5 Å². The largest absolute Gasteiger partial charge is 0.487 e. The standard InChI is InChI=1S/C6H9N3OS2/c1-4(11)10-3-2-5-8-9-6(7)12-5/h2-3H2,1H3,(H2,7,9). The summed E-state index contributed by atoms with van der Waals surface area (Å²) in [6, 6.07) is 0. The lowest BCUT2D eigenvalue weighted by Crippen LogP contribution is -2.01. The van der Waals surface area contributed by atoms with E-state index in [4.69, 9.17) is 22.7 Å². The zero-order valence-electron chi connectivity index (χ0n) is 6.61. The van der Waals surface area contributed by atoms with Gasteiger partial charge in [-0.25, -0.2) is 0 Å². The van der Waals surface area contributed by atoms with Crippen LogP contribution >= 0.6 is 23.6 Å². The molecule has 2 N–H and O–H groups in total. The highest BCUT2D eigenvalue weighted by molar-refractivity contribution is 7.80. The first-order chi connectivity index (χ1) is 5.68. The van der Waals surface area contributed by atoms with Gasteiger partial charge in [-0.05, 0) is 12.2 Å². The first kappa shape index (κ1) is 9.34. The molecule has 0 saturated heterocycles. The second-order valence-electron chi connectivity index (χ2n) is 2.12. The van der Waals surface area contributed by atoms with Crippen molar-refractivity contribution in [1.29, 1.82) is 0 Å². The summed E-state index contributed by atoms with van der Waals surface area (Å²) < 4.78 is 5.08. The van der Waals surface area contributed by atoms with Crippen molar-refractivity contribution in [2.45, 2.75) is 13.3 Å². The molecule has 0 radical (unpaired) electrons. The minimum Gasteiger partial charge on any atom is -0.487 e. The molecule has 1 heterocycles. The molecule has 0 aliphatic heterocycles. The molecular weight excluding hydrogens is 194 g/mol. The molecule has 0 spiro atoms. The van der Waals surface area contributed by atoms with Crippen LogP contribution in [0.1, 0.15) is 11.9 Å². The maximum atomic E-state index is 5.39. The smallest absolute Gasteiger partial charge is 0.203 e. The van der Waals surface area contributed by atoms with Crippen molar-refractivity contribution >= 4 is 33.7 Å². The highest BCUT2D eigenvalue weighted by Crippen LogP contribution is 2.11. The predicted molar refractivity (Wildman–Crippen MR) is 52.2 cm³/mol. The molecule has 4 nitrogen and oxygen atoms in total. The van der Waals surface area contributed by atoms with Gasteiger partial charge in [0.05, 0.1) is 6.61 Å². The second-order valence-corrected chi connectivity index (χ2v) is 3.79. The van der Waals surface area contributed by atoms with E-state index in [0.717, 1.165) is 5.01 Å². The molecule has 6 heteroatoms. The van der Waals surface area contributed by atoms with E-state index in [1.165, 1.54) is 11.3 Å². The topological polar surface area (TPSA) is 61.0 Å². The van der Waals surface area contributed by atoms with Crippen molar-refractivity contribution in [2.75, 3.05) is 12.3 Å². The second kappa shape index (κ2) is 4.32. The summed E-state index contributed by atoms with van der Waals surface area (Å²) in [5.41, 5.74) is 5.39. The summed E-state index contributed by atoms with van der Waals surface area (Å²) >= 11 is 6.11. The molecule has 12 heavy (non-hydrogen) atoms. The maximum Gasteiger partial charge on any atom is 0.203 e. The molecule has 0 atom stereocenters. The molecule has 0 saturated carbocycles. The van der Waals surface area contributed by atoms with Crippen LogP contribution in [0.5, 0.6) is 0 Å². The van der Waals surface area contributed by atoms with Gasteiger partial charge in [0.25, 0.3) is 0 Å². The molecule has 0 aliphatic carbocycles. The molecule has 0 amide bonds. The van der Waals surface area contributed by atoms with Crippen LogP contribution in [0.2, 0.25) is 0 Å². The fraction of sp³-hybridized carbons (Fsp3) is 0.500. The fourth-order valence-electron chi connectivity index (χ4n) is 0.650. The van der Waals surface area contributed by atoms with E-state index in [2.05, 4.69) is 10.2 Å². The van der Waals surface area contributed by atoms with E-state index < -0.39 is 0 Å². The van der Waals surface area contributed by atoms with Crippen LogP contribution in [-0.4, -0.2) is 21.9 Å². The first-order valence-corrected chi connectivity index (χ1v) is 4.62. The Hall–Kier alpha value is -0.750. The summed E-state index contributed by atoms with van der Waals surface area (Å²) in [6.07, 6.45) is 0.711. The van der Waals surface area contributed by atoms with E-state index in [9.17, 15) is 0 Å². The minimum absolute atomic E-state index is 0.490. The third-order valence-electron chi connectivity index (χ3n) is 1.10. The number of aromatic nitrogens is 2. The van der Waals surface area contributed by atoms with E-state index in [1.807, 2.05) is 0 Å². The van der Waals surface area contributed by atoms with Crippen molar-refractivity contribution in [1.82, 2.24) is 10.2 Å². The SMILES string of the molecule is CC(=S)OCCc1nnc(N)s1. The number of hydrogen-bond acceptors (Lipinski definition) is 6. The highest BCUT2D eigenvalue weighted by Gasteiger charge is 2.00. The Labute approximate surface area is 79.8 Å². The number of thiocarbonyl (C=S) groups is 1. The van der Waals surface area contributed by atoms with Gasteiger partial charge in [0, 0.05) is 13.3 Å². The number of anilines is 1. The van der Waals surface area contributed by atoms with Crippen molar-refractivity contribution < 1.29 is 4.74 Å². The summed E-state index contributed by atoms with van der Waals surface area (Å²) in [6.45, 7) is 2.29. The number of nitrogens with two attached hydrogens (primary N) is 1. The van der Waals surface area contributed by atoms with Crippen LogP contribution in [0.3, 0.4) is 0 Å². The van der Waals surface area contributed by atoms with E-state index >= 15 is 0 Å². The number of ether oxygens (including phenoxy) is 1. The Kier molecular flexibility index (Phi) is 3.36. The monoisotopic (exact) mass is 203 g/mol. The Morgan fingerprint density at radius 2 is 2.42 bits per heavy atom. The van der Waals surface area contributed by atoms with Crippen LogP contribution < -0.4 is 5.73 Å². The molecule has 0 unspecified atom stereocenters. The van der Waals surface area contributed by atoms with E-state index in [0.29, 0.717) is 23.2 Å². The number of rotatable bonds is 3. The van der Waals surface area contributed by atoms with Gasteiger partial charge in [-0.1, -0.05) is 11.3 Å². The molecule has 1 aromatic rings. The van der Waals surface area contributed by atoms with Crippen molar-refractivity contribution in [2.24, 2.45) is 0 Å². The van der Waals surface area contributed by atoms with Gasteiger partial charge in [-0.15, -0.1) is 10.2 Å². The lowest BCUT2D eigenvalue weighted by atomic mass is 10.5. The quantitative estimate of drug-likeness (QED) is 0.743. The third kappa shape index (κ3) is 3.10. The molecular formula is C6H9N3OS2. The van der Waals surface area contributed by atoms with Crippen LogP contribution in [0, 0.1) is 0 Å². The van der Waals surface area contributed by atoms with E-state index in [-0.39, 0.29) is 0 Å². The summed E-state index contributed by atoms with van der Waals surface area (Å²) in [7, 11) is 0. The average Bonchev–Trinajstić information content (AvgIpc) is 2.35. The van der Waals surface area contributed by atoms with Gasteiger partial charge in [0.1, 0.15) is 5.01 Å². The normalized spacial score (nSPS) is 9.75. The summed E-state index contributed by atoms with van der Waals surface area (Å²) in [5.74, 6) is 0. The van der Waals surface area contributed by atoms with Gasteiger partial charge in [-0.2, -0.15) is 0 Å². The summed E-state index contributed by atoms with van der Waals surface area (Å²) in [4.78, 5) is 0.